The van der Waals surface area contributed by atoms with Crippen LogP contribution in [0.3, 0.4) is 0 Å². The van der Waals surface area contributed by atoms with E-state index in [0.29, 0.717) is 6.61 Å². The number of imidazole rings is 1. The van der Waals surface area contributed by atoms with Crippen molar-refractivity contribution in [3.63, 3.8) is 0 Å². The largest absolute Gasteiger partial charge is 0.463 e. The molecule has 6 nitrogen and oxygen atoms in total. The zero-order chi connectivity index (χ0) is 22.1. The Labute approximate surface area is 181 Å². The Balaban J connectivity index is 1.72. The summed E-state index contributed by atoms with van der Waals surface area (Å²) in [6, 6.07) is 15.5. The Morgan fingerprint density at radius 2 is 1.58 bits per heavy atom. The number of carbonyl (C=O) groups is 2. The third kappa shape index (κ3) is 6.27. The van der Waals surface area contributed by atoms with Gasteiger partial charge in [0.2, 0.25) is 5.91 Å². The molecule has 0 saturated carbocycles. The third-order valence-electron chi connectivity index (χ3n) is 4.62. The molecule has 158 valence electrons. The summed E-state index contributed by atoms with van der Waals surface area (Å²) in [5, 5.41) is 0. The molecular formula is C25H25N3O3. The number of amides is 1. The number of carbonyl (C=O) groups excluding carboxylic acids is 2. The lowest BCUT2D eigenvalue weighted by Gasteiger charge is -2.05. The van der Waals surface area contributed by atoms with E-state index in [0.717, 1.165) is 46.5 Å². The first-order valence-electron chi connectivity index (χ1n) is 10.1. The number of nitrogens with two attached hydrogens (primary N) is 1. The first-order chi connectivity index (χ1) is 15.1. The highest BCUT2D eigenvalue weighted by Gasteiger charge is 2.10. The summed E-state index contributed by atoms with van der Waals surface area (Å²) in [5.74, 6) is -0.812. The average Bonchev–Trinajstić information content (AvgIpc) is 3.27. The summed E-state index contributed by atoms with van der Waals surface area (Å²) < 4.78 is 5.12. The highest BCUT2D eigenvalue weighted by atomic mass is 16.5. The van der Waals surface area contributed by atoms with Crippen LogP contribution < -0.4 is 5.73 Å². The first kappa shape index (κ1) is 21.8. The van der Waals surface area contributed by atoms with E-state index >= 15 is 0 Å². The minimum absolute atomic E-state index is 0.331. The second-order valence-corrected chi connectivity index (χ2v) is 6.96. The lowest BCUT2D eigenvalue weighted by molar-refractivity contribution is -0.137. The van der Waals surface area contributed by atoms with Crippen LogP contribution in [-0.4, -0.2) is 28.5 Å². The molecule has 3 N–H and O–H groups in total. The highest BCUT2D eigenvalue weighted by Crippen LogP contribution is 2.29. The van der Waals surface area contributed by atoms with Crippen LogP contribution in [0.4, 0.5) is 0 Å². The fourth-order valence-corrected chi connectivity index (χ4v) is 2.95. The van der Waals surface area contributed by atoms with Crippen LogP contribution in [0.5, 0.6) is 0 Å². The predicted molar refractivity (Wildman–Crippen MR) is 123 cm³/mol. The fourth-order valence-electron chi connectivity index (χ4n) is 2.95. The van der Waals surface area contributed by atoms with Crippen molar-refractivity contribution in [3.05, 3.63) is 78.1 Å². The lowest BCUT2D eigenvalue weighted by Crippen LogP contribution is -2.04. The highest BCUT2D eigenvalue weighted by molar-refractivity contribution is 5.90. The summed E-state index contributed by atoms with van der Waals surface area (Å²) in [7, 11) is 0. The number of aromatic amines is 1. The SMILES string of the molecule is CCCCOC(=O)/C=C/c1ccc(-c2[nH]cnc2-c2ccc(/C=C/C(N)=O)cc2)cc1. The van der Waals surface area contributed by atoms with Gasteiger partial charge in [-0.05, 0) is 29.7 Å². The average molecular weight is 415 g/mol. The van der Waals surface area contributed by atoms with Crippen LogP contribution in [0, 0.1) is 0 Å². The second-order valence-electron chi connectivity index (χ2n) is 6.96. The first-order valence-corrected chi connectivity index (χ1v) is 10.1. The number of nitrogens with one attached hydrogen (secondary N) is 1. The van der Waals surface area contributed by atoms with Crippen molar-refractivity contribution < 1.29 is 14.3 Å². The van der Waals surface area contributed by atoms with Gasteiger partial charge in [-0.25, -0.2) is 9.78 Å². The Morgan fingerprint density at radius 1 is 0.968 bits per heavy atom. The molecule has 0 aliphatic heterocycles. The van der Waals surface area contributed by atoms with Gasteiger partial charge in [0, 0.05) is 23.3 Å². The van der Waals surface area contributed by atoms with Crippen LogP contribution in [0.25, 0.3) is 34.7 Å². The van der Waals surface area contributed by atoms with Gasteiger partial charge in [-0.15, -0.1) is 0 Å². The predicted octanol–water partition coefficient (Wildman–Crippen LogP) is 4.60. The Hall–Kier alpha value is -3.93. The number of rotatable bonds is 9. The topological polar surface area (TPSA) is 98.1 Å². The van der Waals surface area contributed by atoms with Gasteiger partial charge in [0.25, 0.3) is 0 Å². The van der Waals surface area contributed by atoms with E-state index in [1.807, 2.05) is 48.5 Å². The van der Waals surface area contributed by atoms with Gasteiger partial charge in [0.1, 0.15) is 0 Å². The van der Waals surface area contributed by atoms with E-state index in [1.54, 1.807) is 18.5 Å². The number of nitrogens with zero attached hydrogens (tertiary/aromatic N) is 1. The van der Waals surface area contributed by atoms with E-state index < -0.39 is 5.91 Å². The molecule has 31 heavy (non-hydrogen) atoms. The molecule has 6 heteroatoms. The van der Waals surface area contributed by atoms with Crippen LogP contribution in [0.15, 0.2) is 67.0 Å². The van der Waals surface area contributed by atoms with Gasteiger partial charge >= 0.3 is 5.97 Å². The van der Waals surface area contributed by atoms with Crippen LogP contribution in [-0.2, 0) is 14.3 Å². The molecule has 0 aliphatic carbocycles. The van der Waals surface area contributed by atoms with Crippen molar-refractivity contribution in [2.75, 3.05) is 6.61 Å². The molecule has 0 atom stereocenters. The van der Waals surface area contributed by atoms with Crippen LogP contribution in [0.2, 0.25) is 0 Å². The van der Waals surface area contributed by atoms with Gasteiger partial charge in [0.15, 0.2) is 0 Å². The number of H-pyrrole nitrogens is 1. The molecule has 2 aromatic carbocycles. The van der Waals surface area contributed by atoms with Crippen molar-refractivity contribution in [2.24, 2.45) is 5.73 Å². The number of hydrogen-bond donors (Lipinski definition) is 2. The van der Waals surface area contributed by atoms with Gasteiger partial charge in [-0.1, -0.05) is 61.9 Å². The smallest absolute Gasteiger partial charge is 0.330 e. The van der Waals surface area contributed by atoms with Crippen molar-refractivity contribution in [3.8, 4) is 22.5 Å². The number of unbranched alkanes of at least 4 members (excludes halogenated alkanes) is 1. The van der Waals surface area contributed by atoms with E-state index in [-0.39, 0.29) is 5.97 Å². The molecule has 3 rings (SSSR count). The van der Waals surface area contributed by atoms with Crippen LogP contribution in [0.1, 0.15) is 30.9 Å². The standard InChI is InChI=1S/C25H25N3O3/c1-2-3-16-31-23(30)15-9-19-6-12-21(13-7-19)25-24(27-17-28-25)20-10-4-18(5-11-20)8-14-22(26)29/h4-15,17H,2-3,16H2,1H3,(H2,26,29)(H,27,28)/b14-8+,15-9+. The molecule has 1 aromatic heterocycles. The Kier molecular flexibility index (Phi) is 7.54. The van der Waals surface area contributed by atoms with E-state index in [1.165, 1.54) is 12.2 Å². The maximum absolute atomic E-state index is 11.7. The molecule has 0 radical (unpaired) electrons. The van der Waals surface area contributed by atoms with E-state index in [9.17, 15) is 9.59 Å². The zero-order valence-electron chi connectivity index (χ0n) is 17.4. The number of esters is 1. The molecule has 0 bridgehead atoms. The van der Waals surface area contributed by atoms with Crippen molar-refractivity contribution in [1.82, 2.24) is 9.97 Å². The minimum atomic E-state index is -0.481. The minimum Gasteiger partial charge on any atom is -0.463 e. The lowest BCUT2D eigenvalue weighted by atomic mass is 10.0. The monoisotopic (exact) mass is 415 g/mol. The quantitative estimate of drug-likeness (QED) is 0.303. The van der Waals surface area contributed by atoms with Gasteiger partial charge in [0.05, 0.1) is 24.3 Å². The maximum Gasteiger partial charge on any atom is 0.330 e. The van der Waals surface area contributed by atoms with E-state index in [2.05, 4.69) is 16.9 Å². The molecule has 0 saturated heterocycles. The number of primary amides is 1. The molecule has 1 heterocycles. The Morgan fingerprint density at radius 3 is 2.19 bits per heavy atom. The van der Waals surface area contributed by atoms with Gasteiger partial charge in [-0.3, -0.25) is 4.79 Å². The molecule has 3 aromatic rings. The van der Waals surface area contributed by atoms with Crippen molar-refractivity contribution >= 4 is 24.0 Å². The third-order valence-corrected chi connectivity index (χ3v) is 4.62. The van der Waals surface area contributed by atoms with Crippen molar-refractivity contribution in [2.45, 2.75) is 19.8 Å². The Bertz CT molecular complexity index is 1080. The fraction of sp³-hybridized carbons (Fsp3) is 0.160. The summed E-state index contributed by atoms with van der Waals surface area (Å²) in [5.41, 5.74) is 10.6. The summed E-state index contributed by atoms with van der Waals surface area (Å²) in [6.45, 7) is 2.50. The van der Waals surface area contributed by atoms with Crippen LogP contribution >= 0.6 is 0 Å². The number of hydrogen-bond acceptors (Lipinski definition) is 4. The second kappa shape index (κ2) is 10.7. The molecular weight excluding hydrogens is 390 g/mol. The number of ether oxygens (including phenoxy) is 1. The maximum atomic E-state index is 11.7. The molecule has 1 amide bonds. The zero-order valence-corrected chi connectivity index (χ0v) is 17.4. The summed E-state index contributed by atoms with van der Waals surface area (Å²) in [6.07, 6.45) is 9.70. The summed E-state index contributed by atoms with van der Waals surface area (Å²) >= 11 is 0. The van der Waals surface area contributed by atoms with Gasteiger partial charge in [-0.2, -0.15) is 0 Å². The molecule has 0 unspecified atom stereocenters. The van der Waals surface area contributed by atoms with Gasteiger partial charge < -0.3 is 15.5 Å². The molecule has 0 fully saturated rings. The van der Waals surface area contributed by atoms with Crippen molar-refractivity contribution in [1.29, 1.82) is 0 Å². The number of benzene rings is 2. The molecule has 0 aliphatic rings. The van der Waals surface area contributed by atoms with E-state index in [4.69, 9.17) is 10.5 Å². The number of aromatic nitrogens is 2. The molecule has 0 spiro atoms. The normalized spacial score (nSPS) is 11.3. The summed E-state index contributed by atoms with van der Waals surface area (Å²) in [4.78, 5) is 30.2.